The third-order valence-electron chi connectivity index (χ3n) is 6.56. The number of carbonyl (C=O) groups excluding carboxylic acids is 3. The molecule has 1 saturated heterocycles. The minimum absolute atomic E-state index is 0.175. The van der Waals surface area contributed by atoms with Crippen LogP contribution in [0.15, 0.2) is 18.2 Å². The lowest BCUT2D eigenvalue weighted by Crippen LogP contribution is -2.48. The zero-order valence-electron chi connectivity index (χ0n) is 17.8. The molecule has 1 saturated carbocycles. The zero-order valence-corrected chi connectivity index (χ0v) is 17.8. The molecule has 1 atom stereocenters. The number of imide groups is 1. The maximum Gasteiger partial charge on any atom is 0.325 e. The van der Waals surface area contributed by atoms with E-state index in [0.29, 0.717) is 23.8 Å². The molecule has 1 aromatic rings. The molecule has 162 valence electrons. The molecule has 0 spiro atoms. The Morgan fingerprint density at radius 1 is 1.20 bits per heavy atom. The molecule has 2 aliphatic heterocycles. The van der Waals surface area contributed by atoms with E-state index in [1.165, 1.54) is 0 Å². The van der Waals surface area contributed by atoms with Crippen molar-refractivity contribution in [1.82, 2.24) is 15.1 Å². The summed E-state index contributed by atoms with van der Waals surface area (Å²) in [6.45, 7) is 3.86. The van der Waals surface area contributed by atoms with Crippen molar-refractivity contribution in [3.05, 3.63) is 23.8 Å². The second-order valence-corrected chi connectivity index (χ2v) is 8.94. The number of rotatable bonds is 5. The minimum Gasteiger partial charge on any atom is -0.454 e. The Morgan fingerprint density at radius 3 is 2.63 bits per heavy atom. The van der Waals surface area contributed by atoms with Gasteiger partial charge in [-0.1, -0.05) is 13.0 Å². The Morgan fingerprint density at radius 2 is 1.90 bits per heavy atom. The molecule has 2 heterocycles. The van der Waals surface area contributed by atoms with Crippen molar-refractivity contribution in [1.29, 1.82) is 0 Å². The van der Waals surface area contributed by atoms with Crippen molar-refractivity contribution in [3.8, 4) is 11.5 Å². The number of hydrogen-bond donors (Lipinski definition) is 1. The minimum atomic E-state index is -1.11. The Balaban J connectivity index is 1.41. The molecule has 1 N–H and O–H groups in total. The average molecular weight is 415 g/mol. The van der Waals surface area contributed by atoms with Gasteiger partial charge in [0.05, 0.1) is 0 Å². The van der Waals surface area contributed by atoms with Crippen LogP contribution in [0, 0.1) is 5.92 Å². The van der Waals surface area contributed by atoms with Gasteiger partial charge in [0.2, 0.25) is 12.7 Å². The first-order chi connectivity index (χ1) is 14.3. The fourth-order valence-electron chi connectivity index (χ4n) is 4.55. The number of likely N-dealkylation sites (N-methyl/N-ethyl adjacent to an activating group) is 1. The first-order valence-electron chi connectivity index (χ1n) is 10.5. The summed E-state index contributed by atoms with van der Waals surface area (Å²) in [5.74, 6) is 1.39. The van der Waals surface area contributed by atoms with Crippen molar-refractivity contribution >= 4 is 17.8 Å². The maximum absolute atomic E-state index is 13.1. The van der Waals surface area contributed by atoms with Gasteiger partial charge >= 0.3 is 6.03 Å². The monoisotopic (exact) mass is 415 g/mol. The normalized spacial score (nSPS) is 27.9. The lowest BCUT2D eigenvalue weighted by molar-refractivity contribution is -0.139. The molecule has 1 unspecified atom stereocenters. The smallest absolute Gasteiger partial charge is 0.325 e. The SMILES string of the molecule is CC1CCC(N(C)C(=O)CN2C(=O)NC(C)(Cc3ccc4c(c3)OCO4)C2=O)CC1. The van der Waals surface area contributed by atoms with Gasteiger partial charge in [-0.15, -0.1) is 0 Å². The number of nitrogens with zero attached hydrogens (tertiary/aromatic N) is 2. The number of nitrogens with one attached hydrogen (secondary N) is 1. The summed E-state index contributed by atoms with van der Waals surface area (Å²) in [6, 6.07) is 5.11. The van der Waals surface area contributed by atoms with Gasteiger partial charge in [0, 0.05) is 19.5 Å². The summed E-state index contributed by atoms with van der Waals surface area (Å²) in [5.41, 5.74) is -0.263. The number of ether oxygens (including phenoxy) is 2. The van der Waals surface area contributed by atoms with Crippen LogP contribution in [0.4, 0.5) is 4.79 Å². The van der Waals surface area contributed by atoms with E-state index >= 15 is 0 Å². The highest BCUT2D eigenvalue weighted by Gasteiger charge is 2.48. The Kier molecular flexibility index (Phi) is 5.34. The van der Waals surface area contributed by atoms with Crippen LogP contribution in [-0.2, 0) is 16.0 Å². The second-order valence-electron chi connectivity index (χ2n) is 8.94. The van der Waals surface area contributed by atoms with Crippen molar-refractivity contribution in [2.45, 2.75) is 57.5 Å². The predicted molar refractivity (Wildman–Crippen MR) is 109 cm³/mol. The Hall–Kier alpha value is -2.77. The van der Waals surface area contributed by atoms with E-state index in [2.05, 4.69) is 12.2 Å². The quantitative estimate of drug-likeness (QED) is 0.746. The summed E-state index contributed by atoms with van der Waals surface area (Å²) in [5, 5.41) is 2.77. The molecular formula is C22H29N3O5. The molecule has 30 heavy (non-hydrogen) atoms. The van der Waals surface area contributed by atoms with Crippen LogP contribution in [0.25, 0.3) is 0 Å². The van der Waals surface area contributed by atoms with Gasteiger partial charge < -0.3 is 19.7 Å². The van der Waals surface area contributed by atoms with Gasteiger partial charge in [0.1, 0.15) is 12.1 Å². The van der Waals surface area contributed by atoms with Crippen LogP contribution >= 0.6 is 0 Å². The summed E-state index contributed by atoms with van der Waals surface area (Å²) in [4.78, 5) is 41.1. The van der Waals surface area contributed by atoms with E-state index in [-0.39, 0.29) is 31.2 Å². The zero-order chi connectivity index (χ0) is 21.5. The summed E-state index contributed by atoms with van der Waals surface area (Å²) in [6.07, 6.45) is 4.42. The average Bonchev–Trinajstić information content (AvgIpc) is 3.26. The number of amides is 4. The number of fused-ring (bicyclic) bond motifs is 1. The molecule has 8 heteroatoms. The lowest BCUT2D eigenvalue weighted by Gasteiger charge is -2.34. The molecule has 0 bridgehead atoms. The molecule has 0 aromatic heterocycles. The third-order valence-corrected chi connectivity index (χ3v) is 6.56. The Labute approximate surface area is 176 Å². The predicted octanol–water partition coefficient (Wildman–Crippen LogP) is 2.31. The second kappa shape index (κ2) is 7.81. The Bertz CT molecular complexity index is 864. The van der Waals surface area contributed by atoms with Crippen molar-refractivity contribution < 1.29 is 23.9 Å². The van der Waals surface area contributed by atoms with Crippen LogP contribution in [0.3, 0.4) is 0 Å². The number of urea groups is 1. The van der Waals surface area contributed by atoms with Gasteiger partial charge in [-0.25, -0.2) is 4.79 Å². The van der Waals surface area contributed by atoms with E-state index in [9.17, 15) is 14.4 Å². The van der Waals surface area contributed by atoms with Gasteiger partial charge in [0.25, 0.3) is 5.91 Å². The van der Waals surface area contributed by atoms with Crippen LogP contribution in [-0.4, -0.2) is 59.6 Å². The molecule has 1 aliphatic carbocycles. The van der Waals surface area contributed by atoms with E-state index in [4.69, 9.17) is 9.47 Å². The topological polar surface area (TPSA) is 88.2 Å². The molecule has 4 amide bonds. The van der Waals surface area contributed by atoms with E-state index in [1.807, 2.05) is 12.1 Å². The molecule has 0 radical (unpaired) electrons. The first kappa shape index (κ1) is 20.5. The molecule has 3 aliphatic rings. The highest BCUT2D eigenvalue weighted by molar-refractivity contribution is 6.09. The molecular weight excluding hydrogens is 386 g/mol. The molecule has 2 fully saturated rings. The molecule has 8 nitrogen and oxygen atoms in total. The number of carbonyl (C=O) groups is 3. The van der Waals surface area contributed by atoms with Crippen LogP contribution < -0.4 is 14.8 Å². The largest absolute Gasteiger partial charge is 0.454 e. The van der Waals surface area contributed by atoms with Crippen molar-refractivity contribution in [2.24, 2.45) is 5.92 Å². The highest BCUT2D eigenvalue weighted by Crippen LogP contribution is 2.34. The van der Waals surface area contributed by atoms with Crippen LogP contribution in [0.5, 0.6) is 11.5 Å². The van der Waals surface area contributed by atoms with Crippen molar-refractivity contribution in [3.63, 3.8) is 0 Å². The highest BCUT2D eigenvalue weighted by atomic mass is 16.7. The molecule has 4 rings (SSSR count). The van der Waals surface area contributed by atoms with Crippen LogP contribution in [0.1, 0.15) is 45.1 Å². The van der Waals surface area contributed by atoms with Gasteiger partial charge in [-0.05, 0) is 56.2 Å². The lowest BCUT2D eigenvalue weighted by atomic mass is 9.87. The van der Waals surface area contributed by atoms with E-state index < -0.39 is 11.6 Å². The fraction of sp³-hybridized carbons (Fsp3) is 0.591. The summed E-state index contributed by atoms with van der Waals surface area (Å²) in [7, 11) is 1.77. The summed E-state index contributed by atoms with van der Waals surface area (Å²) >= 11 is 0. The standard InChI is InChI=1S/C22H29N3O5/c1-14-4-7-16(8-5-14)24(3)19(26)12-25-20(27)22(2,23-21(25)28)11-15-6-9-17-18(10-15)30-13-29-17/h6,9-10,14,16H,4-5,7-8,11-13H2,1-3H3,(H,23,28). The first-order valence-corrected chi connectivity index (χ1v) is 10.5. The van der Waals surface area contributed by atoms with E-state index in [1.54, 1.807) is 24.9 Å². The van der Waals surface area contributed by atoms with Crippen LogP contribution in [0.2, 0.25) is 0 Å². The fourth-order valence-corrected chi connectivity index (χ4v) is 4.55. The summed E-state index contributed by atoms with van der Waals surface area (Å²) < 4.78 is 10.7. The van der Waals surface area contributed by atoms with Crippen molar-refractivity contribution in [2.75, 3.05) is 20.4 Å². The van der Waals surface area contributed by atoms with Gasteiger partial charge in [0.15, 0.2) is 11.5 Å². The van der Waals surface area contributed by atoms with Gasteiger partial charge in [-0.2, -0.15) is 0 Å². The number of benzene rings is 1. The third kappa shape index (κ3) is 3.82. The number of hydrogen-bond acceptors (Lipinski definition) is 5. The molecule has 1 aromatic carbocycles. The van der Waals surface area contributed by atoms with E-state index in [0.717, 1.165) is 36.1 Å². The maximum atomic E-state index is 13.1. The van der Waals surface area contributed by atoms with Gasteiger partial charge in [-0.3, -0.25) is 14.5 Å².